The molecule has 0 amide bonds. The molecular weight excluding hydrogens is 390 g/mol. The minimum Gasteiger partial charge on any atom is -0.203 e. The third kappa shape index (κ3) is 5.32. The van der Waals surface area contributed by atoms with E-state index < -0.39 is 44.2 Å². The fourth-order valence-corrected chi connectivity index (χ4v) is 2.41. The van der Waals surface area contributed by atoms with Crippen LogP contribution in [0.5, 0.6) is 0 Å². The molecule has 138 valence electrons. The molecule has 24 heavy (non-hydrogen) atoms. The van der Waals surface area contributed by atoms with Crippen LogP contribution in [0.2, 0.25) is 0 Å². The van der Waals surface area contributed by atoms with Gasteiger partial charge in [-0.3, -0.25) is 0 Å². The summed E-state index contributed by atoms with van der Waals surface area (Å²) in [5.74, 6) is 0. The number of sulfonamides is 2. The Kier molecular flexibility index (Phi) is 5.90. The van der Waals surface area contributed by atoms with E-state index in [1.54, 1.807) is 0 Å². The van der Waals surface area contributed by atoms with Crippen molar-refractivity contribution >= 4 is 20.0 Å². The van der Waals surface area contributed by atoms with Crippen LogP contribution in [-0.4, -0.2) is 27.9 Å². The summed E-state index contributed by atoms with van der Waals surface area (Å²) in [6, 6.07) is 4.69. The Morgan fingerprint density at radius 2 is 1.08 bits per heavy atom. The van der Waals surface area contributed by atoms with Gasteiger partial charge in [0.2, 0.25) is 0 Å². The molecule has 1 aromatic rings. The minimum atomic E-state index is -5.57. The average Bonchev–Trinajstić information content (AvgIpc) is 2.41. The zero-order valence-corrected chi connectivity index (χ0v) is 13.1. The van der Waals surface area contributed by atoms with Crippen LogP contribution < -0.4 is 9.44 Å². The highest BCUT2D eigenvalue weighted by Gasteiger charge is 2.46. The largest absolute Gasteiger partial charge is 0.511 e. The van der Waals surface area contributed by atoms with E-state index in [-0.39, 0.29) is 11.1 Å². The number of hydrogen-bond donors (Lipinski definition) is 2. The quantitative estimate of drug-likeness (QED) is 0.709. The predicted molar refractivity (Wildman–Crippen MR) is 70.1 cm³/mol. The molecule has 0 aliphatic heterocycles. The van der Waals surface area contributed by atoms with Crippen molar-refractivity contribution in [2.75, 3.05) is 0 Å². The molecule has 0 saturated heterocycles. The van der Waals surface area contributed by atoms with Crippen LogP contribution in [-0.2, 0) is 33.1 Å². The topological polar surface area (TPSA) is 92.3 Å². The van der Waals surface area contributed by atoms with Crippen LogP contribution in [0.4, 0.5) is 26.3 Å². The van der Waals surface area contributed by atoms with Gasteiger partial charge in [-0.25, -0.2) is 26.3 Å². The van der Waals surface area contributed by atoms with E-state index in [9.17, 15) is 43.2 Å². The Hall–Kier alpha value is -1.38. The molecule has 1 rings (SSSR count). The molecule has 0 bridgehead atoms. The summed E-state index contributed by atoms with van der Waals surface area (Å²) in [4.78, 5) is 0. The number of rotatable bonds is 6. The fourth-order valence-electron chi connectivity index (χ4n) is 1.37. The summed E-state index contributed by atoms with van der Waals surface area (Å²) in [6.45, 7) is -1.55. The van der Waals surface area contributed by atoms with Gasteiger partial charge in [-0.05, 0) is 11.1 Å². The molecule has 0 aliphatic rings. The molecule has 0 saturated carbocycles. The fraction of sp³-hybridized carbons (Fsp3) is 0.400. The monoisotopic (exact) mass is 400 g/mol. The van der Waals surface area contributed by atoms with E-state index in [2.05, 4.69) is 0 Å². The van der Waals surface area contributed by atoms with Gasteiger partial charge in [0.05, 0.1) is 0 Å². The van der Waals surface area contributed by atoms with Crippen LogP contribution in [0.15, 0.2) is 24.3 Å². The molecule has 6 nitrogen and oxygen atoms in total. The molecule has 0 spiro atoms. The first-order valence-electron chi connectivity index (χ1n) is 5.85. The number of alkyl halides is 6. The van der Waals surface area contributed by atoms with Gasteiger partial charge in [-0.2, -0.15) is 26.3 Å². The van der Waals surface area contributed by atoms with Gasteiger partial charge in [0.15, 0.2) is 0 Å². The highest BCUT2D eigenvalue weighted by Crippen LogP contribution is 2.23. The van der Waals surface area contributed by atoms with Gasteiger partial charge in [0, 0.05) is 13.1 Å². The van der Waals surface area contributed by atoms with Crippen molar-refractivity contribution in [2.24, 2.45) is 0 Å². The number of nitrogens with one attached hydrogen (secondary N) is 2. The third-order valence-corrected chi connectivity index (χ3v) is 4.80. The van der Waals surface area contributed by atoms with E-state index >= 15 is 0 Å². The molecular formula is C10H10F6N2O4S2. The molecule has 2 N–H and O–H groups in total. The minimum absolute atomic E-state index is 0.00784. The lowest BCUT2D eigenvalue weighted by Gasteiger charge is -2.11. The zero-order chi connectivity index (χ0) is 18.8. The SMILES string of the molecule is O=S(=O)(NCc1cccc(CNS(=O)(=O)C(F)(F)F)c1)C(F)(F)F. The summed E-state index contributed by atoms with van der Waals surface area (Å²) in [6.07, 6.45) is 0. The standard InChI is InChI=1S/C10H10F6N2O4S2/c11-9(12,13)23(19,20)17-5-7-2-1-3-8(4-7)6-18-24(21,22)10(14,15)16/h1-4,17-18H,5-6H2. The highest BCUT2D eigenvalue weighted by molar-refractivity contribution is 7.90. The zero-order valence-electron chi connectivity index (χ0n) is 11.4. The van der Waals surface area contributed by atoms with Crippen LogP contribution >= 0.6 is 0 Å². The predicted octanol–water partition coefficient (Wildman–Crippen LogP) is 1.57. The Labute approximate surface area is 133 Å². The summed E-state index contributed by atoms with van der Waals surface area (Å²) >= 11 is 0. The maximum Gasteiger partial charge on any atom is 0.511 e. The average molecular weight is 400 g/mol. The van der Waals surface area contributed by atoms with Crippen molar-refractivity contribution in [3.8, 4) is 0 Å². The Balaban J connectivity index is 2.79. The smallest absolute Gasteiger partial charge is 0.203 e. The van der Waals surface area contributed by atoms with Crippen molar-refractivity contribution in [2.45, 2.75) is 24.1 Å². The molecule has 0 radical (unpaired) electrons. The van der Waals surface area contributed by atoms with Crippen molar-refractivity contribution in [3.05, 3.63) is 35.4 Å². The van der Waals surface area contributed by atoms with Crippen LogP contribution in [0.1, 0.15) is 11.1 Å². The lowest BCUT2D eigenvalue weighted by atomic mass is 10.1. The summed E-state index contributed by atoms with van der Waals surface area (Å²) in [7, 11) is -11.1. The van der Waals surface area contributed by atoms with E-state index in [0.717, 1.165) is 6.07 Å². The highest BCUT2D eigenvalue weighted by atomic mass is 32.2. The number of benzene rings is 1. The van der Waals surface area contributed by atoms with Crippen LogP contribution in [0.3, 0.4) is 0 Å². The first-order valence-corrected chi connectivity index (χ1v) is 8.82. The molecule has 0 unspecified atom stereocenters. The summed E-state index contributed by atoms with van der Waals surface area (Å²) in [5, 5.41) is 0. The second-order valence-corrected chi connectivity index (χ2v) is 7.88. The maximum atomic E-state index is 12.1. The number of halogens is 6. The lowest BCUT2D eigenvalue weighted by Crippen LogP contribution is -2.36. The lowest BCUT2D eigenvalue weighted by molar-refractivity contribution is -0.0454. The van der Waals surface area contributed by atoms with Crippen LogP contribution in [0.25, 0.3) is 0 Å². The summed E-state index contributed by atoms with van der Waals surface area (Å²) in [5.41, 5.74) is -11.0. The molecule has 0 atom stereocenters. The van der Waals surface area contributed by atoms with E-state index in [0.29, 0.717) is 0 Å². The Morgan fingerprint density at radius 1 is 0.750 bits per heavy atom. The molecule has 0 aromatic heterocycles. The van der Waals surface area contributed by atoms with Gasteiger partial charge >= 0.3 is 31.1 Å². The van der Waals surface area contributed by atoms with Crippen molar-refractivity contribution in [3.63, 3.8) is 0 Å². The van der Waals surface area contributed by atoms with Gasteiger partial charge in [0.25, 0.3) is 0 Å². The van der Waals surface area contributed by atoms with Crippen molar-refractivity contribution in [1.29, 1.82) is 0 Å². The molecule has 14 heteroatoms. The maximum absolute atomic E-state index is 12.1. The first-order chi connectivity index (χ1) is 10.7. The summed E-state index contributed by atoms with van der Waals surface area (Å²) < 4.78 is 119. The first kappa shape index (κ1) is 20.7. The number of hydrogen-bond acceptors (Lipinski definition) is 4. The van der Waals surface area contributed by atoms with Gasteiger partial charge < -0.3 is 0 Å². The molecule has 0 heterocycles. The van der Waals surface area contributed by atoms with Gasteiger partial charge in [-0.15, -0.1) is 0 Å². The van der Waals surface area contributed by atoms with Gasteiger partial charge in [-0.1, -0.05) is 24.3 Å². The molecule has 0 aliphatic carbocycles. The van der Waals surface area contributed by atoms with Gasteiger partial charge in [0.1, 0.15) is 0 Å². The van der Waals surface area contributed by atoms with E-state index in [4.69, 9.17) is 0 Å². The second kappa shape index (κ2) is 6.85. The Bertz CT molecular complexity index is 723. The normalized spacial score (nSPS) is 13.9. The Morgan fingerprint density at radius 3 is 1.38 bits per heavy atom. The molecule has 1 aromatic carbocycles. The second-order valence-electron chi connectivity index (χ2n) is 4.36. The van der Waals surface area contributed by atoms with E-state index in [1.807, 2.05) is 0 Å². The van der Waals surface area contributed by atoms with Crippen molar-refractivity contribution < 1.29 is 43.2 Å². The van der Waals surface area contributed by atoms with Crippen LogP contribution in [0, 0.1) is 0 Å². The molecule has 0 fully saturated rings. The van der Waals surface area contributed by atoms with E-state index in [1.165, 1.54) is 27.6 Å². The third-order valence-electron chi connectivity index (χ3n) is 2.53. The van der Waals surface area contributed by atoms with Crippen molar-refractivity contribution in [1.82, 2.24) is 9.44 Å².